The third-order valence-corrected chi connectivity index (χ3v) is 6.44. The second-order valence-electron chi connectivity index (χ2n) is 8.07. The fraction of sp³-hybridized carbons (Fsp3) is 0.261. The summed E-state index contributed by atoms with van der Waals surface area (Å²) in [5.41, 5.74) is 0.0329. The molecule has 4 aromatic rings. The molecule has 188 valence electrons. The minimum Gasteiger partial charge on any atom is -0.487 e. The Morgan fingerprint density at radius 3 is 2.69 bits per heavy atom. The Kier molecular flexibility index (Phi) is 5.39. The van der Waals surface area contributed by atoms with Crippen LogP contribution >= 0.6 is 34.8 Å². The van der Waals surface area contributed by atoms with Gasteiger partial charge in [0.25, 0.3) is 5.89 Å². The van der Waals surface area contributed by atoms with Crippen LogP contribution in [-0.2, 0) is 6.18 Å². The van der Waals surface area contributed by atoms with Crippen LogP contribution in [0.2, 0.25) is 15.1 Å². The molecule has 0 radical (unpaired) electrons. The minimum absolute atomic E-state index is 0.0464. The molecule has 0 spiro atoms. The number of imidazole rings is 1. The van der Waals surface area contributed by atoms with Crippen LogP contribution in [0.5, 0.6) is 5.75 Å². The van der Waals surface area contributed by atoms with Gasteiger partial charge in [0.2, 0.25) is 5.82 Å². The number of piperidine rings is 1. The number of hydrogen-bond acceptors (Lipinski definition) is 6. The van der Waals surface area contributed by atoms with Crippen molar-refractivity contribution in [2.45, 2.75) is 25.1 Å². The zero-order valence-corrected chi connectivity index (χ0v) is 20.4. The highest BCUT2D eigenvalue weighted by molar-refractivity contribution is 6.36. The quantitative estimate of drug-likeness (QED) is 0.267. The number of alkyl halides is 3. The Hall–Kier alpha value is -2.95. The lowest BCUT2D eigenvalue weighted by atomic mass is 10.1. The molecule has 1 saturated heterocycles. The Balaban J connectivity index is 1.39. The van der Waals surface area contributed by atoms with E-state index < -0.39 is 24.8 Å². The van der Waals surface area contributed by atoms with E-state index in [9.17, 15) is 13.2 Å². The maximum atomic E-state index is 13.1. The number of likely N-dealkylation sites (tertiary alicyclic amines) is 1. The lowest BCUT2D eigenvalue weighted by Crippen LogP contribution is -2.37. The van der Waals surface area contributed by atoms with Crippen molar-refractivity contribution in [1.82, 2.24) is 24.4 Å². The molecule has 4 heterocycles. The van der Waals surface area contributed by atoms with E-state index in [0.717, 1.165) is 16.7 Å². The zero-order valence-electron chi connectivity index (χ0n) is 21.1. The Labute approximate surface area is 222 Å². The summed E-state index contributed by atoms with van der Waals surface area (Å²) in [6.07, 6.45) is -1.93. The summed E-state index contributed by atoms with van der Waals surface area (Å²) in [6.45, 7) is 1.58. The van der Waals surface area contributed by atoms with Crippen molar-refractivity contribution in [3.05, 3.63) is 63.5 Å². The molecule has 1 aromatic carbocycles. The number of likely N-dealkylation sites (N-methyl/N-ethyl adjacent to an activating group) is 1. The molecule has 0 bridgehead atoms. The summed E-state index contributed by atoms with van der Waals surface area (Å²) in [4.78, 5) is 9.68. The Morgan fingerprint density at radius 1 is 1.14 bits per heavy atom. The summed E-state index contributed by atoms with van der Waals surface area (Å²) in [5, 5.41) is 4.03. The van der Waals surface area contributed by atoms with Gasteiger partial charge in [0.05, 0.1) is 27.2 Å². The van der Waals surface area contributed by atoms with E-state index in [2.05, 4.69) is 21.7 Å². The van der Waals surface area contributed by atoms with E-state index >= 15 is 0 Å². The number of pyridine rings is 1. The van der Waals surface area contributed by atoms with Crippen molar-refractivity contribution < 1.29 is 26.5 Å². The van der Waals surface area contributed by atoms with Crippen LogP contribution in [0.3, 0.4) is 0 Å². The molecule has 0 unspecified atom stereocenters. The molecule has 0 aliphatic carbocycles. The Bertz CT molecular complexity index is 1590. The number of aromatic nitrogens is 4. The van der Waals surface area contributed by atoms with Crippen LogP contribution in [0.25, 0.3) is 28.6 Å². The van der Waals surface area contributed by atoms with E-state index in [0.29, 0.717) is 24.1 Å². The lowest BCUT2D eigenvalue weighted by Gasteiger charge is -2.33. The molecule has 36 heavy (non-hydrogen) atoms. The van der Waals surface area contributed by atoms with Gasteiger partial charge >= 0.3 is 6.18 Å². The van der Waals surface area contributed by atoms with E-state index in [4.69, 9.17) is 48.2 Å². The van der Waals surface area contributed by atoms with Crippen molar-refractivity contribution >= 4 is 40.4 Å². The summed E-state index contributed by atoms with van der Waals surface area (Å²) in [6, 6.07) is 3.71. The highest BCUT2D eigenvalue weighted by atomic mass is 35.5. The summed E-state index contributed by atoms with van der Waals surface area (Å²) < 4.78 is 74.8. The number of fused-ring (bicyclic) bond motifs is 1. The summed E-state index contributed by atoms with van der Waals surface area (Å²) in [7, 11) is 0. The summed E-state index contributed by atoms with van der Waals surface area (Å²) >= 11 is 18.9. The van der Waals surface area contributed by atoms with Crippen LogP contribution in [0.1, 0.15) is 22.5 Å². The standard InChI is InChI=1S/C23H17Cl3F3N5O2/c1-11-3-4-13(9-33(11)2)35-19-7-15(24)14(6-16(19)25)20-31-22(36-32-20)18-10-34-8-12(23(27,28)29)5-17(26)21(34)30-18/h5-8,10,13H,1,3-4,9H2,2H3/t13-/m0/s1/i2D3. The maximum Gasteiger partial charge on any atom is 0.417 e. The number of nitrogens with zero attached hydrogens (tertiary/aromatic N) is 5. The molecule has 1 aliphatic rings. The largest absolute Gasteiger partial charge is 0.487 e. The Morgan fingerprint density at radius 2 is 1.94 bits per heavy atom. The molecule has 5 rings (SSSR count). The average Bonchev–Trinajstić information content (AvgIpc) is 3.49. The first-order valence-electron chi connectivity index (χ1n) is 11.9. The SMILES string of the molecule is [2H]C([2H])([2H])N1C[C@@H](Oc2cc(Cl)c(-c3noc(-c4cn5cc(C(F)(F)F)cc(Cl)c5n4)n3)cc2Cl)CCC1=C. The van der Waals surface area contributed by atoms with Gasteiger partial charge in [-0.1, -0.05) is 46.5 Å². The molecular formula is C23H17Cl3F3N5O2. The molecule has 0 saturated carbocycles. The third kappa shape index (κ3) is 4.72. The number of halogens is 6. The van der Waals surface area contributed by atoms with E-state index in [1.165, 1.54) is 23.2 Å². The van der Waals surface area contributed by atoms with Crippen molar-refractivity contribution in [3.8, 4) is 28.7 Å². The smallest absolute Gasteiger partial charge is 0.417 e. The second-order valence-corrected chi connectivity index (χ2v) is 9.29. The molecular weight excluding hydrogens is 542 g/mol. The lowest BCUT2D eigenvalue weighted by molar-refractivity contribution is -0.137. The molecule has 1 atom stereocenters. The number of allylic oxidation sites excluding steroid dienone is 1. The van der Waals surface area contributed by atoms with Crippen molar-refractivity contribution in [2.24, 2.45) is 0 Å². The van der Waals surface area contributed by atoms with Gasteiger partial charge in [0, 0.05) is 40.8 Å². The first kappa shape index (κ1) is 21.2. The topological polar surface area (TPSA) is 68.7 Å². The monoisotopic (exact) mass is 560 g/mol. The molecule has 1 fully saturated rings. The number of rotatable bonds is 4. The average molecular weight is 562 g/mol. The van der Waals surface area contributed by atoms with Crippen LogP contribution < -0.4 is 4.74 Å². The van der Waals surface area contributed by atoms with Crippen molar-refractivity contribution in [3.63, 3.8) is 0 Å². The predicted molar refractivity (Wildman–Crippen MR) is 129 cm³/mol. The van der Waals surface area contributed by atoms with Crippen LogP contribution in [-0.4, -0.2) is 44.0 Å². The van der Waals surface area contributed by atoms with Gasteiger partial charge in [-0.05, 0) is 25.0 Å². The molecule has 0 amide bonds. The third-order valence-electron chi connectivity index (χ3n) is 5.56. The van der Waals surface area contributed by atoms with Gasteiger partial charge in [-0.25, -0.2) is 4.98 Å². The predicted octanol–water partition coefficient (Wildman–Crippen LogP) is 7.02. The van der Waals surface area contributed by atoms with Gasteiger partial charge in [0.1, 0.15) is 17.5 Å². The van der Waals surface area contributed by atoms with Crippen LogP contribution in [0, 0.1) is 0 Å². The molecule has 13 heteroatoms. The van der Waals surface area contributed by atoms with Gasteiger partial charge in [-0.15, -0.1) is 0 Å². The number of hydrogen-bond donors (Lipinski definition) is 0. The van der Waals surface area contributed by atoms with Gasteiger partial charge in [-0.2, -0.15) is 18.2 Å². The first-order chi connectivity index (χ1) is 18.2. The van der Waals surface area contributed by atoms with E-state index in [-0.39, 0.29) is 50.4 Å². The maximum absolute atomic E-state index is 13.1. The number of ether oxygens (including phenoxy) is 1. The van der Waals surface area contributed by atoms with E-state index in [1.54, 1.807) is 0 Å². The number of benzene rings is 1. The van der Waals surface area contributed by atoms with E-state index in [1.807, 2.05) is 0 Å². The van der Waals surface area contributed by atoms with Crippen LogP contribution in [0.4, 0.5) is 13.2 Å². The van der Waals surface area contributed by atoms with Gasteiger partial charge in [-0.3, -0.25) is 0 Å². The fourth-order valence-electron chi connectivity index (χ4n) is 3.70. The second kappa shape index (κ2) is 9.17. The first-order valence-corrected chi connectivity index (χ1v) is 11.5. The van der Waals surface area contributed by atoms with Crippen molar-refractivity contribution in [2.75, 3.05) is 13.5 Å². The normalized spacial score (nSPS) is 18.3. The van der Waals surface area contributed by atoms with Crippen molar-refractivity contribution in [1.29, 1.82) is 0 Å². The fourth-order valence-corrected chi connectivity index (χ4v) is 4.41. The summed E-state index contributed by atoms with van der Waals surface area (Å²) in [5.74, 6) is 0.204. The highest BCUT2D eigenvalue weighted by Gasteiger charge is 2.32. The molecule has 3 aromatic heterocycles. The zero-order chi connectivity index (χ0) is 28.3. The van der Waals surface area contributed by atoms with Gasteiger partial charge < -0.3 is 18.6 Å². The van der Waals surface area contributed by atoms with Crippen LogP contribution in [0.15, 0.2) is 47.4 Å². The minimum atomic E-state index is -4.59. The molecule has 1 aliphatic heterocycles. The molecule has 7 nitrogen and oxygen atoms in total. The molecule has 0 N–H and O–H groups in total. The highest BCUT2D eigenvalue weighted by Crippen LogP contribution is 2.38. The van der Waals surface area contributed by atoms with Gasteiger partial charge in [0.15, 0.2) is 5.65 Å².